The molecule has 5 aromatic rings. The summed E-state index contributed by atoms with van der Waals surface area (Å²) in [7, 11) is 1.31. The Labute approximate surface area is 367 Å². The number of carbonyl (C=O) groups is 9. The van der Waals surface area contributed by atoms with Crippen LogP contribution in [0.15, 0.2) is 133 Å². The van der Waals surface area contributed by atoms with Crippen LogP contribution in [0.1, 0.15) is 97.5 Å². The van der Waals surface area contributed by atoms with Crippen LogP contribution in [0, 0.1) is 6.92 Å². The molecule has 5 rings (SSSR count). The molecule has 15 heteroatoms. The Morgan fingerprint density at radius 3 is 1.36 bits per heavy atom. The maximum atomic E-state index is 14.0. The maximum Gasteiger partial charge on any atom is 0.339 e. The molecule has 5 aromatic carbocycles. The molecule has 15 nitrogen and oxygen atoms in total. The molecule has 324 valence electrons. The number of hydrogen-bond donors (Lipinski definition) is 4. The summed E-state index contributed by atoms with van der Waals surface area (Å²) in [5.41, 5.74) is 1.53. The van der Waals surface area contributed by atoms with Gasteiger partial charge in [0.25, 0.3) is 23.6 Å². The zero-order valence-corrected chi connectivity index (χ0v) is 35.2. The molecular weight excluding hydrogens is 821 g/mol. The number of amides is 4. The molecule has 0 heterocycles. The van der Waals surface area contributed by atoms with E-state index in [0.717, 1.165) is 23.8 Å². The highest BCUT2D eigenvalue weighted by Gasteiger charge is 2.25. The van der Waals surface area contributed by atoms with Gasteiger partial charge in [0.2, 0.25) is 0 Å². The molecule has 0 aliphatic heterocycles. The number of rotatable bonds is 17. The number of nitrogens with one attached hydrogen (secondary N) is 4. The molecule has 4 amide bonds. The molecule has 0 aliphatic rings. The minimum atomic E-state index is -1.07. The summed E-state index contributed by atoms with van der Waals surface area (Å²) in [6, 6.07) is 26.5. The zero-order chi connectivity index (χ0) is 46.7. The van der Waals surface area contributed by atoms with Crippen molar-refractivity contribution in [2.75, 3.05) is 36.2 Å². The monoisotopic (exact) mass is 862 g/mol. The van der Waals surface area contributed by atoms with Crippen LogP contribution in [0.4, 0.5) is 17.1 Å². The van der Waals surface area contributed by atoms with E-state index in [1.165, 1.54) is 63.4 Å². The highest BCUT2D eigenvalue weighted by molar-refractivity contribution is 6.17. The van der Waals surface area contributed by atoms with E-state index in [1.807, 2.05) is 13.0 Å². The normalized spacial score (nSPS) is 10.4. The summed E-state index contributed by atoms with van der Waals surface area (Å²) < 4.78 is 10.2. The molecule has 0 saturated heterocycles. The predicted molar refractivity (Wildman–Crippen MR) is 238 cm³/mol. The third kappa shape index (κ3) is 11.8. The summed E-state index contributed by atoms with van der Waals surface area (Å²) in [5, 5.41) is 10.6. The molecule has 4 N–H and O–H groups in total. The van der Waals surface area contributed by atoms with E-state index in [4.69, 9.17) is 9.47 Å². The van der Waals surface area contributed by atoms with Gasteiger partial charge < -0.3 is 30.7 Å². The van der Waals surface area contributed by atoms with Gasteiger partial charge in [0, 0.05) is 46.4 Å². The third-order valence-corrected chi connectivity index (χ3v) is 9.40. The largest absolute Gasteiger partial charge is 0.454 e. The summed E-state index contributed by atoms with van der Waals surface area (Å²) in [4.78, 5) is 117. The number of ketones is 3. The van der Waals surface area contributed by atoms with Crippen LogP contribution in [-0.4, -0.2) is 73.2 Å². The van der Waals surface area contributed by atoms with E-state index >= 15 is 0 Å². The predicted octanol–water partition coefficient (Wildman–Crippen LogP) is 6.95. The number of carbonyl (C=O) groups excluding carboxylic acids is 9. The number of benzene rings is 5. The average molecular weight is 863 g/mol. The summed E-state index contributed by atoms with van der Waals surface area (Å²) in [6.45, 7) is 10.5. The van der Waals surface area contributed by atoms with Gasteiger partial charge >= 0.3 is 11.9 Å². The molecule has 0 unspecified atom stereocenters. The molecule has 0 spiro atoms. The zero-order valence-electron chi connectivity index (χ0n) is 35.2. The van der Waals surface area contributed by atoms with E-state index in [-0.39, 0.29) is 61.7 Å². The lowest BCUT2D eigenvalue weighted by Gasteiger charge is -2.14. The summed E-state index contributed by atoms with van der Waals surface area (Å²) >= 11 is 0. The number of esters is 2. The third-order valence-electron chi connectivity index (χ3n) is 9.40. The molecule has 0 aliphatic carbocycles. The van der Waals surface area contributed by atoms with Crippen LogP contribution < -0.4 is 21.3 Å². The van der Waals surface area contributed by atoms with Gasteiger partial charge in [-0.05, 0) is 111 Å². The van der Waals surface area contributed by atoms with Crippen molar-refractivity contribution in [3.05, 3.63) is 184 Å². The van der Waals surface area contributed by atoms with Crippen molar-refractivity contribution in [1.29, 1.82) is 0 Å². The van der Waals surface area contributed by atoms with Crippen LogP contribution in [0.5, 0.6) is 0 Å². The van der Waals surface area contributed by atoms with Crippen LogP contribution >= 0.6 is 0 Å². The Kier molecular flexibility index (Phi) is 15.1. The van der Waals surface area contributed by atoms with E-state index in [2.05, 4.69) is 34.4 Å². The second-order valence-electron chi connectivity index (χ2n) is 14.4. The first-order valence-corrected chi connectivity index (χ1v) is 19.4. The average Bonchev–Trinajstić information content (AvgIpc) is 3.29. The van der Waals surface area contributed by atoms with Gasteiger partial charge in [-0.2, -0.15) is 0 Å². The van der Waals surface area contributed by atoms with Gasteiger partial charge in [0.1, 0.15) is 0 Å². The van der Waals surface area contributed by atoms with Crippen molar-refractivity contribution in [2.45, 2.75) is 20.8 Å². The van der Waals surface area contributed by atoms with Crippen molar-refractivity contribution in [3.8, 4) is 0 Å². The van der Waals surface area contributed by atoms with Gasteiger partial charge in [-0.1, -0.05) is 49.1 Å². The van der Waals surface area contributed by atoms with E-state index < -0.39 is 60.2 Å². The van der Waals surface area contributed by atoms with E-state index in [1.54, 1.807) is 42.5 Å². The van der Waals surface area contributed by atoms with E-state index in [0.29, 0.717) is 16.9 Å². The fourth-order valence-corrected chi connectivity index (χ4v) is 5.83. The van der Waals surface area contributed by atoms with Crippen molar-refractivity contribution in [1.82, 2.24) is 5.32 Å². The van der Waals surface area contributed by atoms with E-state index in [9.17, 15) is 43.2 Å². The van der Waals surface area contributed by atoms with Gasteiger partial charge in [0.15, 0.2) is 30.6 Å². The van der Waals surface area contributed by atoms with Crippen molar-refractivity contribution in [2.24, 2.45) is 0 Å². The lowest BCUT2D eigenvalue weighted by Crippen LogP contribution is -2.23. The van der Waals surface area contributed by atoms with Gasteiger partial charge in [-0.15, -0.1) is 0 Å². The first-order valence-electron chi connectivity index (χ1n) is 19.4. The topological polar surface area (TPSA) is 220 Å². The molecule has 0 saturated carbocycles. The SMILES string of the molecule is C=C(C)C(=O)COC(=O)c1ccc(C(=O)c2ccc(C(=O)OCC(=O)C(=C)C)c(C(=O)Nc3cccc(C(=O)Nc4ccc(NC(=O)c5cccc(C)c5)cc4)c3)c2)cc1C(=O)NC. The molecule has 0 atom stereocenters. The highest BCUT2D eigenvalue weighted by atomic mass is 16.5. The van der Waals surface area contributed by atoms with Gasteiger partial charge in [-0.25, -0.2) is 9.59 Å². The Bertz CT molecular complexity index is 2770. The van der Waals surface area contributed by atoms with Gasteiger partial charge in [0.05, 0.1) is 22.3 Å². The van der Waals surface area contributed by atoms with Crippen molar-refractivity contribution >= 4 is 70.0 Å². The Morgan fingerprint density at radius 1 is 0.469 bits per heavy atom. The second kappa shape index (κ2) is 20.8. The molecule has 0 aromatic heterocycles. The molecule has 0 fully saturated rings. The fraction of sp³-hybridized carbons (Fsp3) is 0.122. The molecule has 0 radical (unpaired) electrons. The highest BCUT2D eigenvalue weighted by Crippen LogP contribution is 2.23. The van der Waals surface area contributed by atoms with Crippen LogP contribution in [0.3, 0.4) is 0 Å². The number of aryl methyl sites for hydroxylation is 1. The van der Waals surface area contributed by atoms with Crippen LogP contribution in [0.25, 0.3) is 0 Å². The number of hydrogen-bond acceptors (Lipinski definition) is 11. The first-order chi connectivity index (χ1) is 30.4. The lowest BCUT2D eigenvalue weighted by molar-refractivity contribution is -0.119. The van der Waals surface area contributed by atoms with Gasteiger partial charge in [-0.3, -0.25) is 33.6 Å². The van der Waals surface area contributed by atoms with Crippen LogP contribution in [0.2, 0.25) is 0 Å². The number of ether oxygens (including phenoxy) is 2. The Balaban J connectivity index is 1.38. The molecule has 0 bridgehead atoms. The second-order valence-corrected chi connectivity index (χ2v) is 14.4. The Morgan fingerprint density at radius 2 is 0.906 bits per heavy atom. The van der Waals surface area contributed by atoms with Crippen LogP contribution in [-0.2, 0) is 19.1 Å². The molecular formula is C49H42N4O11. The smallest absolute Gasteiger partial charge is 0.339 e. The standard InChI is InChI=1S/C49H42N4O11/c1-27(2)41(54)25-63-48(61)37-19-13-30(23-39(37)46(59)50-6)43(56)31-14-20-38(49(62)64-26-42(55)28(3)4)40(24-31)47(60)53-36-12-8-11-33(22-36)45(58)52-35-17-15-34(16-18-35)51-44(57)32-10-7-9-29(5)21-32/h7-24H,1,3,25-26H2,2,4-6H3,(H,50,59)(H,51,57)(H,52,58)(H,53,60). The quantitative estimate of drug-likeness (QED) is 0.0426. The Hall–Kier alpha value is -8.59. The minimum Gasteiger partial charge on any atom is -0.454 e. The fourth-order valence-electron chi connectivity index (χ4n) is 5.83. The maximum absolute atomic E-state index is 14.0. The summed E-state index contributed by atoms with van der Waals surface area (Å²) in [6.07, 6.45) is 0. The lowest BCUT2D eigenvalue weighted by atomic mass is 9.95. The van der Waals surface area contributed by atoms with Crippen molar-refractivity contribution < 1.29 is 52.6 Å². The number of Topliss-reactive ketones (excluding diaryl/α,β-unsaturated/α-hetero) is 2. The van der Waals surface area contributed by atoms with Crippen molar-refractivity contribution in [3.63, 3.8) is 0 Å². The molecule has 64 heavy (non-hydrogen) atoms. The minimum absolute atomic E-state index is 0.0951. The number of anilines is 3. The summed E-state index contributed by atoms with van der Waals surface area (Å²) in [5.74, 6) is -6.38. The first kappa shape index (κ1) is 46.5.